The zero-order chi connectivity index (χ0) is 17.6. The highest BCUT2D eigenvalue weighted by Crippen LogP contribution is 2.22. The van der Waals surface area contributed by atoms with Crippen LogP contribution in [0.5, 0.6) is 5.75 Å². The van der Waals surface area contributed by atoms with E-state index in [1.807, 2.05) is 18.3 Å². The van der Waals surface area contributed by atoms with Crippen molar-refractivity contribution in [1.82, 2.24) is 14.9 Å². The van der Waals surface area contributed by atoms with Gasteiger partial charge in [0.2, 0.25) is 0 Å². The van der Waals surface area contributed by atoms with Gasteiger partial charge < -0.3 is 4.74 Å². The van der Waals surface area contributed by atoms with Crippen LogP contribution in [-0.2, 0) is 6.54 Å². The Morgan fingerprint density at radius 3 is 2.88 bits per heavy atom. The third-order valence-electron chi connectivity index (χ3n) is 4.81. The number of rotatable bonds is 6. The van der Waals surface area contributed by atoms with Crippen molar-refractivity contribution in [1.29, 1.82) is 0 Å². The SMILES string of the molecule is Cc1ccccc1OCC1CCCN(Cc2ccnc(C(C)C)n2)C1. The predicted molar refractivity (Wildman–Crippen MR) is 101 cm³/mol. The Bertz CT molecular complexity index is 686. The monoisotopic (exact) mass is 339 g/mol. The maximum absolute atomic E-state index is 6.07. The molecule has 1 atom stereocenters. The van der Waals surface area contributed by atoms with Crippen LogP contribution in [0.1, 0.15) is 49.7 Å². The summed E-state index contributed by atoms with van der Waals surface area (Å²) < 4.78 is 6.07. The van der Waals surface area contributed by atoms with Crippen LogP contribution in [-0.4, -0.2) is 34.6 Å². The maximum Gasteiger partial charge on any atom is 0.131 e. The smallest absolute Gasteiger partial charge is 0.131 e. The fraction of sp³-hybridized carbons (Fsp3) is 0.524. The first-order valence-corrected chi connectivity index (χ1v) is 9.34. The van der Waals surface area contributed by atoms with Gasteiger partial charge in [-0.3, -0.25) is 4.90 Å². The van der Waals surface area contributed by atoms with E-state index in [2.05, 4.69) is 48.9 Å². The lowest BCUT2D eigenvalue weighted by atomic mass is 9.99. The minimum Gasteiger partial charge on any atom is -0.493 e. The van der Waals surface area contributed by atoms with Gasteiger partial charge in [-0.25, -0.2) is 9.97 Å². The lowest BCUT2D eigenvalue weighted by Gasteiger charge is -2.32. The van der Waals surface area contributed by atoms with E-state index < -0.39 is 0 Å². The normalized spacial score (nSPS) is 18.5. The van der Waals surface area contributed by atoms with E-state index in [9.17, 15) is 0 Å². The van der Waals surface area contributed by atoms with E-state index in [4.69, 9.17) is 9.72 Å². The third kappa shape index (κ3) is 5.02. The van der Waals surface area contributed by atoms with Gasteiger partial charge in [-0.05, 0) is 44.0 Å². The molecular weight excluding hydrogens is 310 g/mol. The van der Waals surface area contributed by atoms with Crippen molar-refractivity contribution in [3.05, 3.63) is 53.6 Å². The van der Waals surface area contributed by atoms with Gasteiger partial charge in [0.05, 0.1) is 12.3 Å². The van der Waals surface area contributed by atoms with Crippen molar-refractivity contribution < 1.29 is 4.74 Å². The van der Waals surface area contributed by atoms with Crippen LogP contribution in [0.4, 0.5) is 0 Å². The van der Waals surface area contributed by atoms with Crippen LogP contribution < -0.4 is 4.74 Å². The van der Waals surface area contributed by atoms with E-state index in [-0.39, 0.29) is 0 Å². The highest BCUT2D eigenvalue weighted by Gasteiger charge is 2.21. The van der Waals surface area contributed by atoms with E-state index in [0.717, 1.165) is 43.5 Å². The molecule has 0 N–H and O–H groups in total. The molecule has 0 amide bonds. The molecular formula is C21H29N3O. The molecule has 1 aromatic carbocycles. The largest absolute Gasteiger partial charge is 0.493 e. The highest BCUT2D eigenvalue weighted by molar-refractivity contribution is 5.31. The number of benzene rings is 1. The Morgan fingerprint density at radius 1 is 1.24 bits per heavy atom. The van der Waals surface area contributed by atoms with Crippen molar-refractivity contribution in [3.63, 3.8) is 0 Å². The lowest BCUT2D eigenvalue weighted by Crippen LogP contribution is -2.37. The molecule has 0 spiro atoms. The predicted octanol–water partition coefficient (Wildman–Crippen LogP) is 4.20. The van der Waals surface area contributed by atoms with Gasteiger partial charge in [0.1, 0.15) is 11.6 Å². The van der Waals surface area contributed by atoms with Gasteiger partial charge in [0.25, 0.3) is 0 Å². The molecule has 1 aliphatic heterocycles. The Morgan fingerprint density at radius 2 is 2.08 bits per heavy atom. The number of aromatic nitrogens is 2. The third-order valence-corrected chi connectivity index (χ3v) is 4.81. The quantitative estimate of drug-likeness (QED) is 0.790. The second kappa shape index (κ2) is 8.43. The Kier molecular flexibility index (Phi) is 6.03. The molecule has 0 aliphatic carbocycles. The summed E-state index contributed by atoms with van der Waals surface area (Å²) in [6, 6.07) is 10.3. The van der Waals surface area contributed by atoms with Crippen LogP contribution in [0.2, 0.25) is 0 Å². The molecule has 1 fully saturated rings. The van der Waals surface area contributed by atoms with Gasteiger partial charge in [-0.15, -0.1) is 0 Å². The molecule has 1 aromatic heterocycles. The van der Waals surface area contributed by atoms with E-state index in [1.165, 1.54) is 18.4 Å². The van der Waals surface area contributed by atoms with Crippen molar-refractivity contribution in [2.24, 2.45) is 5.92 Å². The minimum absolute atomic E-state index is 0.372. The first-order valence-electron chi connectivity index (χ1n) is 9.34. The number of hydrogen-bond donors (Lipinski definition) is 0. The molecule has 0 bridgehead atoms. The van der Waals surface area contributed by atoms with Gasteiger partial charge in [-0.1, -0.05) is 32.0 Å². The first-order chi connectivity index (χ1) is 12.1. The summed E-state index contributed by atoms with van der Waals surface area (Å²) in [7, 11) is 0. The molecule has 0 radical (unpaired) electrons. The summed E-state index contributed by atoms with van der Waals surface area (Å²) in [5, 5.41) is 0. The zero-order valence-corrected chi connectivity index (χ0v) is 15.6. The number of likely N-dealkylation sites (tertiary alicyclic amines) is 1. The van der Waals surface area contributed by atoms with Crippen LogP contribution in [0.15, 0.2) is 36.5 Å². The zero-order valence-electron chi connectivity index (χ0n) is 15.6. The topological polar surface area (TPSA) is 38.2 Å². The Labute approximate surface area is 151 Å². The molecule has 1 saturated heterocycles. The summed E-state index contributed by atoms with van der Waals surface area (Å²) in [5.74, 6) is 2.90. The highest BCUT2D eigenvalue weighted by atomic mass is 16.5. The summed E-state index contributed by atoms with van der Waals surface area (Å²) in [6.07, 6.45) is 4.35. The van der Waals surface area contributed by atoms with E-state index >= 15 is 0 Å². The van der Waals surface area contributed by atoms with Crippen LogP contribution in [0.25, 0.3) is 0 Å². The number of para-hydroxylation sites is 1. The average Bonchev–Trinajstić information content (AvgIpc) is 2.61. The molecule has 2 heterocycles. The van der Waals surface area contributed by atoms with Crippen LogP contribution in [0, 0.1) is 12.8 Å². The second-order valence-corrected chi connectivity index (χ2v) is 7.38. The molecule has 0 saturated carbocycles. The number of aryl methyl sites for hydroxylation is 1. The number of nitrogens with zero attached hydrogens (tertiary/aromatic N) is 3. The standard InChI is InChI=1S/C21H29N3O/c1-16(2)21-22-11-10-19(23-21)14-24-12-6-8-18(13-24)15-25-20-9-5-4-7-17(20)3/h4-5,7,9-11,16,18H,6,8,12-15H2,1-3H3. The summed E-state index contributed by atoms with van der Waals surface area (Å²) in [4.78, 5) is 11.6. The number of ether oxygens (including phenoxy) is 1. The Hall–Kier alpha value is -1.94. The molecule has 1 aliphatic rings. The van der Waals surface area contributed by atoms with Crippen molar-refractivity contribution in [2.75, 3.05) is 19.7 Å². The van der Waals surface area contributed by atoms with Gasteiger partial charge in [0.15, 0.2) is 0 Å². The lowest BCUT2D eigenvalue weighted by molar-refractivity contribution is 0.123. The van der Waals surface area contributed by atoms with Gasteiger partial charge in [-0.2, -0.15) is 0 Å². The van der Waals surface area contributed by atoms with Crippen LogP contribution in [0.3, 0.4) is 0 Å². The molecule has 134 valence electrons. The van der Waals surface area contributed by atoms with Crippen molar-refractivity contribution >= 4 is 0 Å². The van der Waals surface area contributed by atoms with E-state index in [0.29, 0.717) is 11.8 Å². The van der Waals surface area contributed by atoms with Gasteiger partial charge in [0, 0.05) is 31.1 Å². The van der Waals surface area contributed by atoms with Crippen molar-refractivity contribution in [2.45, 2.75) is 46.1 Å². The van der Waals surface area contributed by atoms with Crippen molar-refractivity contribution in [3.8, 4) is 5.75 Å². The molecule has 1 unspecified atom stereocenters. The van der Waals surface area contributed by atoms with Gasteiger partial charge >= 0.3 is 0 Å². The van der Waals surface area contributed by atoms with E-state index in [1.54, 1.807) is 0 Å². The summed E-state index contributed by atoms with van der Waals surface area (Å²) in [5.41, 5.74) is 2.33. The number of hydrogen-bond acceptors (Lipinski definition) is 4. The number of piperidine rings is 1. The average molecular weight is 339 g/mol. The molecule has 4 heteroatoms. The molecule has 2 aromatic rings. The summed E-state index contributed by atoms with van der Waals surface area (Å²) in [6.45, 7) is 10.3. The van der Waals surface area contributed by atoms with Crippen LogP contribution >= 0.6 is 0 Å². The maximum atomic E-state index is 6.07. The Balaban J connectivity index is 1.54. The minimum atomic E-state index is 0.372. The fourth-order valence-electron chi connectivity index (χ4n) is 3.37. The first kappa shape index (κ1) is 17.9. The molecule has 4 nitrogen and oxygen atoms in total. The summed E-state index contributed by atoms with van der Waals surface area (Å²) >= 11 is 0. The second-order valence-electron chi connectivity index (χ2n) is 7.38. The fourth-order valence-corrected chi connectivity index (χ4v) is 3.37. The molecule has 25 heavy (non-hydrogen) atoms. The molecule has 3 rings (SSSR count).